The molecule has 1 aromatic carbocycles. The molecule has 2 aliphatic rings. The molecule has 0 N–H and O–H groups in total. The Hall–Kier alpha value is -1.31. The SMILES string of the molecule is O=C1CC(c2ccccc2)N1C1CCCCC1. The summed E-state index contributed by atoms with van der Waals surface area (Å²) in [5, 5.41) is 0. The van der Waals surface area contributed by atoms with Crippen LogP contribution in [0.15, 0.2) is 30.3 Å². The fourth-order valence-electron chi connectivity index (χ4n) is 3.20. The number of nitrogens with zero attached hydrogens (tertiary/aromatic N) is 1. The van der Waals surface area contributed by atoms with Crippen LogP contribution in [0.1, 0.15) is 50.1 Å². The summed E-state index contributed by atoms with van der Waals surface area (Å²) in [6, 6.07) is 11.3. The summed E-state index contributed by atoms with van der Waals surface area (Å²) < 4.78 is 0. The average molecular weight is 229 g/mol. The molecule has 3 rings (SSSR count). The van der Waals surface area contributed by atoms with Gasteiger partial charge < -0.3 is 4.90 Å². The van der Waals surface area contributed by atoms with Gasteiger partial charge in [-0.25, -0.2) is 0 Å². The molecule has 0 spiro atoms. The number of hydrogen-bond donors (Lipinski definition) is 0. The molecule has 1 aromatic rings. The van der Waals surface area contributed by atoms with Crippen LogP contribution in [0.25, 0.3) is 0 Å². The van der Waals surface area contributed by atoms with Gasteiger partial charge in [0.05, 0.1) is 12.5 Å². The van der Waals surface area contributed by atoms with Gasteiger partial charge in [-0.05, 0) is 18.4 Å². The molecule has 17 heavy (non-hydrogen) atoms. The Morgan fingerprint density at radius 2 is 1.71 bits per heavy atom. The van der Waals surface area contributed by atoms with Gasteiger partial charge in [0.15, 0.2) is 0 Å². The molecule has 1 amide bonds. The molecule has 1 aliphatic heterocycles. The first-order valence-electron chi connectivity index (χ1n) is 6.72. The van der Waals surface area contributed by atoms with E-state index in [1.807, 2.05) is 6.07 Å². The van der Waals surface area contributed by atoms with Crippen molar-refractivity contribution in [3.8, 4) is 0 Å². The van der Waals surface area contributed by atoms with Gasteiger partial charge in [-0.15, -0.1) is 0 Å². The minimum atomic E-state index is 0.353. The summed E-state index contributed by atoms with van der Waals surface area (Å²) in [6.07, 6.45) is 7.03. The van der Waals surface area contributed by atoms with E-state index in [0.717, 1.165) is 0 Å². The largest absolute Gasteiger partial charge is 0.332 e. The zero-order chi connectivity index (χ0) is 11.7. The monoisotopic (exact) mass is 229 g/mol. The predicted molar refractivity (Wildman–Crippen MR) is 67.5 cm³/mol. The number of likely N-dealkylation sites (tertiary alicyclic amines) is 1. The number of hydrogen-bond acceptors (Lipinski definition) is 1. The minimum Gasteiger partial charge on any atom is -0.332 e. The molecule has 0 aromatic heterocycles. The molecule has 1 saturated heterocycles. The molecule has 1 atom stereocenters. The number of benzene rings is 1. The first kappa shape index (κ1) is 10.8. The van der Waals surface area contributed by atoms with Crippen molar-refractivity contribution in [3.05, 3.63) is 35.9 Å². The van der Waals surface area contributed by atoms with Crippen molar-refractivity contribution < 1.29 is 4.79 Å². The highest BCUT2D eigenvalue weighted by Gasteiger charge is 2.41. The molecule has 0 radical (unpaired) electrons. The summed E-state index contributed by atoms with van der Waals surface area (Å²) in [4.78, 5) is 14.0. The fourth-order valence-corrected chi connectivity index (χ4v) is 3.20. The smallest absolute Gasteiger partial charge is 0.225 e. The number of rotatable bonds is 2. The van der Waals surface area contributed by atoms with Crippen LogP contribution in [0, 0.1) is 0 Å². The molecule has 2 heteroatoms. The van der Waals surface area contributed by atoms with Crippen LogP contribution >= 0.6 is 0 Å². The molecular weight excluding hydrogens is 210 g/mol. The molecular formula is C15H19NO. The molecule has 1 saturated carbocycles. The Balaban J connectivity index is 1.76. The van der Waals surface area contributed by atoms with Crippen LogP contribution in [0.5, 0.6) is 0 Å². The van der Waals surface area contributed by atoms with Crippen LogP contribution in [-0.2, 0) is 4.79 Å². The summed E-state index contributed by atoms with van der Waals surface area (Å²) in [7, 11) is 0. The highest BCUT2D eigenvalue weighted by molar-refractivity contribution is 5.84. The second kappa shape index (κ2) is 4.52. The van der Waals surface area contributed by atoms with Crippen molar-refractivity contribution in [1.29, 1.82) is 0 Å². The van der Waals surface area contributed by atoms with Crippen LogP contribution in [0.3, 0.4) is 0 Å². The van der Waals surface area contributed by atoms with Gasteiger partial charge in [0.25, 0.3) is 0 Å². The van der Waals surface area contributed by atoms with E-state index in [4.69, 9.17) is 0 Å². The zero-order valence-electron chi connectivity index (χ0n) is 10.1. The highest BCUT2D eigenvalue weighted by atomic mass is 16.2. The first-order chi connectivity index (χ1) is 8.36. The lowest BCUT2D eigenvalue weighted by Gasteiger charge is -2.47. The van der Waals surface area contributed by atoms with E-state index in [2.05, 4.69) is 29.2 Å². The molecule has 90 valence electrons. The van der Waals surface area contributed by atoms with E-state index >= 15 is 0 Å². The Labute approximate surface area is 103 Å². The van der Waals surface area contributed by atoms with E-state index in [1.54, 1.807) is 0 Å². The minimum absolute atomic E-state index is 0.353. The Morgan fingerprint density at radius 3 is 2.35 bits per heavy atom. The zero-order valence-corrected chi connectivity index (χ0v) is 10.1. The summed E-state index contributed by atoms with van der Waals surface area (Å²) in [5.41, 5.74) is 1.30. The molecule has 1 unspecified atom stereocenters. The number of carbonyl (C=O) groups is 1. The number of β-lactam (4-membered cyclic amide) rings is 1. The van der Waals surface area contributed by atoms with Gasteiger partial charge in [0, 0.05) is 6.04 Å². The van der Waals surface area contributed by atoms with E-state index in [9.17, 15) is 4.79 Å². The van der Waals surface area contributed by atoms with E-state index < -0.39 is 0 Å². The van der Waals surface area contributed by atoms with Crippen LogP contribution in [0.2, 0.25) is 0 Å². The third-order valence-electron chi connectivity index (χ3n) is 4.14. The third kappa shape index (κ3) is 1.97. The maximum absolute atomic E-state index is 11.8. The standard InChI is InChI=1S/C15H19NO/c17-15-11-14(12-7-3-1-4-8-12)16(15)13-9-5-2-6-10-13/h1,3-4,7-8,13-14H,2,5-6,9-11H2. The second-order valence-corrected chi connectivity index (χ2v) is 5.22. The quantitative estimate of drug-likeness (QED) is 0.713. The Kier molecular flexibility index (Phi) is 2.87. The fraction of sp³-hybridized carbons (Fsp3) is 0.533. The molecule has 2 nitrogen and oxygen atoms in total. The molecule has 0 bridgehead atoms. The lowest BCUT2D eigenvalue weighted by molar-refractivity contribution is -0.151. The predicted octanol–water partition coefficient (Wildman–Crippen LogP) is 3.29. The van der Waals surface area contributed by atoms with Crippen molar-refractivity contribution in [2.24, 2.45) is 0 Å². The lowest BCUT2D eigenvalue weighted by Crippen LogP contribution is -2.52. The summed E-state index contributed by atoms with van der Waals surface area (Å²) in [6.45, 7) is 0. The van der Waals surface area contributed by atoms with Gasteiger partial charge in [0.2, 0.25) is 5.91 Å². The van der Waals surface area contributed by atoms with Gasteiger partial charge in [0.1, 0.15) is 0 Å². The highest BCUT2D eigenvalue weighted by Crippen LogP contribution is 2.39. The third-order valence-corrected chi connectivity index (χ3v) is 4.14. The van der Waals surface area contributed by atoms with E-state index in [1.165, 1.54) is 37.7 Å². The maximum Gasteiger partial charge on any atom is 0.225 e. The summed E-state index contributed by atoms with van der Waals surface area (Å²) in [5.74, 6) is 0.353. The molecule has 1 heterocycles. The van der Waals surface area contributed by atoms with Gasteiger partial charge in [-0.1, -0.05) is 49.6 Å². The topological polar surface area (TPSA) is 20.3 Å². The van der Waals surface area contributed by atoms with Gasteiger partial charge >= 0.3 is 0 Å². The van der Waals surface area contributed by atoms with Crippen molar-refractivity contribution in [3.63, 3.8) is 0 Å². The Bertz CT molecular complexity index is 395. The molecule has 1 aliphatic carbocycles. The van der Waals surface area contributed by atoms with Gasteiger partial charge in [-0.3, -0.25) is 4.79 Å². The van der Waals surface area contributed by atoms with E-state index in [0.29, 0.717) is 24.4 Å². The van der Waals surface area contributed by atoms with Crippen LogP contribution < -0.4 is 0 Å². The molecule has 2 fully saturated rings. The summed E-state index contributed by atoms with van der Waals surface area (Å²) >= 11 is 0. The van der Waals surface area contributed by atoms with Crippen LogP contribution in [-0.4, -0.2) is 16.8 Å². The first-order valence-corrected chi connectivity index (χ1v) is 6.72. The van der Waals surface area contributed by atoms with Crippen molar-refractivity contribution in [1.82, 2.24) is 4.90 Å². The van der Waals surface area contributed by atoms with E-state index in [-0.39, 0.29) is 0 Å². The Morgan fingerprint density at radius 1 is 1.00 bits per heavy atom. The second-order valence-electron chi connectivity index (χ2n) is 5.22. The average Bonchev–Trinajstić information content (AvgIpc) is 2.38. The lowest BCUT2D eigenvalue weighted by atomic mass is 9.86. The van der Waals surface area contributed by atoms with Crippen molar-refractivity contribution in [2.75, 3.05) is 0 Å². The van der Waals surface area contributed by atoms with Gasteiger partial charge in [-0.2, -0.15) is 0 Å². The number of amides is 1. The van der Waals surface area contributed by atoms with Crippen molar-refractivity contribution >= 4 is 5.91 Å². The van der Waals surface area contributed by atoms with Crippen LogP contribution in [0.4, 0.5) is 0 Å². The normalized spacial score (nSPS) is 25.8. The maximum atomic E-state index is 11.8. The van der Waals surface area contributed by atoms with Crippen molar-refractivity contribution in [2.45, 2.75) is 50.6 Å². The number of carbonyl (C=O) groups excluding carboxylic acids is 1.